The lowest BCUT2D eigenvalue weighted by Crippen LogP contribution is -2.20. The maximum atomic E-state index is 13.6. The third-order valence-corrected chi connectivity index (χ3v) is 3.89. The van der Waals surface area contributed by atoms with E-state index in [0.717, 1.165) is 32.4 Å². The fraction of sp³-hybridized carbons (Fsp3) is 0.571. The molecule has 1 rings (SSSR count). The molecule has 0 bridgehead atoms. The van der Waals surface area contributed by atoms with Crippen LogP contribution in [0.4, 0.5) is 4.39 Å². The van der Waals surface area contributed by atoms with Crippen LogP contribution in [0.2, 0.25) is 5.02 Å². The first-order valence-electron chi connectivity index (χ1n) is 6.35. The van der Waals surface area contributed by atoms with Gasteiger partial charge < -0.3 is 5.32 Å². The number of hydrogen-bond donors (Lipinski definition) is 1. The van der Waals surface area contributed by atoms with E-state index in [0.29, 0.717) is 21.0 Å². The molecule has 0 fully saturated rings. The van der Waals surface area contributed by atoms with Gasteiger partial charge in [-0.25, -0.2) is 4.39 Å². The van der Waals surface area contributed by atoms with E-state index < -0.39 is 0 Å². The summed E-state index contributed by atoms with van der Waals surface area (Å²) in [6, 6.07) is 3.15. The van der Waals surface area contributed by atoms with Gasteiger partial charge in [0.2, 0.25) is 0 Å². The standard InChI is InChI=1S/C14H20BrClFN/c1-10(2)9-18-6-4-3-5-11-7-13(16)12(15)8-14(11)17/h7-8,10,18H,3-6,9H2,1-2H3. The summed E-state index contributed by atoms with van der Waals surface area (Å²) in [6.07, 6.45) is 2.77. The third kappa shape index (κ3) is 5.68. The molecule has 1 aromatic rings. The van der Waals surface area contributed by atoms with E-state index in [2.05, 4.69) is 35.1 Å². The van der Waals surface area contributed by atoms with Crippen LogP contribution in [0.5, 0.6) is 0 Å². The summed E-state index contributed by atoms with van der Waals surface area (Å²) in [5.41, 5.74) is 0.701. The van der Waals surface area contributed by atoms with Gasteiger partial charge in [-0.15, -0.1) is 0 Å². The topological polar surface area (TPSA) is 12.0 Å². The quantitative estimate of drug-likeness (QED) is 0.556. The number of unbranched alkanes of at least 4 members (excludes halogenated alkanes) is 1. The molecule has 0 atom stereocenters. The molecular weight excluding hydrogens is 317 g/mol. The van der Waals surface area contributed by atoms with E-state index in [-0.39, 0.29) is 5.82 Å². The van der Waals surface area contributed by atoms with E-state index >= 15 is 0 Å². The average Bonchev–Trinajstić information content (AvgIpc) is 2.29. The van der Waals surface area contributed by atoms with Crippen LogP contribution in [-0.4, -0.2) is 13.1 Å². The van der Waals surface area contributed by atoms with Gasteiger partial charge >= 0.3 is 0 Å². The molecule has 0 aliphatic rings. The number of rotatable bonds is 7. The van der Waals surface area contributed by atoms with E-state index in [1.54, 1.807) is 6.07 Å². The van der Waals surface area contributed by atoms with Crippen LogP contribution in [0, 0.1) is 11.7 Å². The zero-order chi connectivity index (χ0) is 13.5. The molecule has 102 valence electrons. The minimum Gasteiger partial charge on any atom is -0.316 e. The molecule has 0 unspecified atom stereocenters. The third-order valence-electron chi connectivity index (χ3n) is 2.69. The van der Waals surface area contributed by atoms with E-state index in [1.807, 2.05) is 0 Å². The molecule has 0 saturated heterocycles. The van der Waals surface area contributed by atoms with Crippen molar-refractivity contribution >= 4 is 27.5 Å². The van der Waals surface area contributed by atoms with Crippen LogP contribution < -0.4 is 5.32 Å². The van der Waals surface area contributed by atoms with Gasteiger partial charge in [0.25, 0.3) is 0 Å². The summed E-state index contributed by atoms with van der Waals surface area (Å²) < 4.78 is 14.2. The summed E-state index contributed by atoms with van der Waals surface area (Å²) >= 11 is 9.17. The van der Waals surface area contributed by atoms with E-state index in [4.69, 9.17) is 11.6 Å². The maximum Gasteiger partial charge on any atom is 0.127 e. The highest BCUT2D eigenvalue weighted by molar-refractivity contribution is 9.10. The van der Waals surface area contributed by atoms with Crippen LogP contribution in [0.1, 0.15) is 32.3 Å². The van der Waals surface area contributed by atoms with Crippen molar-refractivity contribution in [2.45, 2.75) is 33.1 Å². The lowest BCUT2D eigenvalue weighted by atomic mass is 10.1. The number of hydrogen-bond acceptors (Lipinski definition) is 1. The molecule has 0 spiro atoms. The van der Waals surface area contributed by atoms with Crippen LogP contribution in [0.3, 0.4) is 0 Å². The molecule has 1 aromatic carbocycles. The highest BCUT2D eigenvalue weighted by atomic mass is 79.9. The first-order chi connectivity index (χ1) is 8.50. The van der Waals surface area contributed by atoms with Gasteiger partial charge in [-0.2, -0.15) is 0 Å². The number of nitrogens with one attached hydrogen (secondary N) is 1. The first kappa shape index (κ1) is 15.9. The highest BCUT2D eigenvalue weighted by Gasteiger charge is 2.06. The Morgan fingerprint density at radius 2 is 2.06 bits per heavy atom. The summed E-state index contributed by atoms with van der Waals surface area (Å²) in [6.45, 7) is 6.40. The molecule has 1 N–H and O–H groups in total. The molecule has 0 aliphatic heterocycles. The second kappa shape index (κ2) is 8.13. The smallest absolute Gasteiger partial charge is 0.127 e. The SMILES string of the molecule is CC(C)CNCCCCc1cc(Cl)c(Br)cc1F. The molecule has 0 heterocycles. The summed E-state index contributed by atoms with van der Waals surface area (Å²) in [4.78, 5) is 0. The maximum absolute atomic E-state index is 13.6. The first-order valence-corrected chi connectivity index (χ1v) is 7.52. The molecule has 0 amide bonds. The van der Waals surface area contributed by atoms with Crippen molar-refractivity contribution in [1.29, 1.82) is 0 Å². The Bertz CT molecular complexity index is 382. The minimum absolute atomic E-state index is 0.179. The minimum atomic E-state index is -0.179. The monoisotopic (exact) mass is 335 g/mol. The number of aryl methyl sites for hydroxylation is 1. The van der Waals surface area contributed by atoms with Crippen molar-refractivity contribution in [2.24, 2.45) is 5.92 Å². The Balaban J connectivity index is 2.29. The van der Waals surface area contributed by atoms with Gasteiger partial charge in [-0.1, -0.05) is 25.4 Å². The van der Waals surface area contributed by atoms with Gasteiger partial charge in [0, 0.05) is 4.47 Å². The van der Waals surface area contributed by atoms with Crippen molar-refractivity contribution in [2.75, 3.05) is 13.1 Å². The fourth-order valence-corrected chi connectivity index (χ4v) is 2.21. The lowest BCUT2D eigenvalue weighted by Gasteiger charge is -2.08. The van der Waals surface area contributed by atoms with Gasteiger partial charge in [-0.3, -0.25) is 0 Å². The molecule has 0 saturated carbocycles. The van der Waals surface area contributed by atoms with Crippen molar-refractivity contribution in [3.8, 4) is 0 Å². The Morgan fingerprint density at radius 3 is 2.72 bits per heavy atom. The summed E-state index contributed by atoms with van der Waals surface area (Å²) in [5, 5.41) is 3.95. The summed E-state index contributed by atoms with van der Waals surface area (Å²) in [7, 11) is 0. The van der Waals surface area contributed by atoms with Crippen molar-refractivity contribution in [3.63, 3.8) is 0 Å². The van der Waals surface area contributed by atoms with Gasteiger partial charge in [0.1, 0.15) is 5.82 Å². The molecule has 18 heavy (non-hydrogen) atoms. The fourth-order valence-electron chi connectivity index (χ4n) is 1.71. The van der Waals surface area contributed by atoms with Gasteiger partial charge in [-0.05, 0) is 71.9 Å². The molecule has 0 aliphatic carbocycles. The van der Waals surface area contributed by atoms with Crippen LogP contribution in [-0.2, 0) is 6.42 Å². The Kier molecular flexibility index (Phi) is 7.20. The lowest BCUT2D eigenvalue weighted by molar-refractivity contribution is 0.532. The second-order valence-electron chi connectivity index (χ2n) is 4.91. The zero-order valence-corrected chi connectivity index (χ0v) is 13.2. The highest BCUT2D eigenvalue weighted by Crippen LogP contribution is 2.26. The van der Waals surface area contributed by atoms with Crippen molar-refractivity contribution < 1.29 is 4.39 Å². The van der Waals surface area contributed by atoms with Crippen molar-refractivity contribution in [3.05, 3.63) is 33.0 Å². The Labute approximate surface area is 122 Å². The summed E-state index contributed by atoms with van der Waals surface area (Å²) in [5.74, 6) is 0.495. The van der Waals surface area contributed by atoms with Gasteiger partial charge in [0.15, 0.2) is 0 Å². The van der Waals surface area contributed by atoms with Gasteiger partial charge in [0.05, 0.1) is 5.02 Å². The molecule has 4 heteroatoms. The molecule has 0 radical (unpaired) electrons. The molecular formula is C14H20BrClFN. The predicted molar refractivity (Wildman–Crippen MR) is 79.8 cm³/mol. The second-order valence-corrected chi connectivity index (χ2v) is 6.17. The molecule has 0 aromatic heterocycles. The molecule has 1 nitrogen and oxygen atoms in total. The Hall–Kier alpha value is -0.120. The predicted octanol–water partition coefficient (Wildman–Crippen LogP) is 4.81. The van der Waals surface area contributed by atoms with Crippen LogP contribution >= 0.6 is 27.5 Å². The number of halogens is 3. The van der Waals surface area contributed by atoms with Crippen molar-refractivity contribution in [1.82, 2.24) is 5.32 Å². The van der Waals surface area contributed by atoms with E-state index in [1.165, 1.54) is 6.07 Å². The number of benzene rings is 1. The normalized spacial score (nSPS) is 11.2. The average molecular weight is 337 g/mol. The van der Waals surface area contributed by atoms with E-state index in [9.17, 15) is 4.39 Å². The Morgan fingerprint density at radius 1 is 1.33 bits per heavy atom. The zero-order valence-electron chi connectivity index (χ0n) is 10.9. The largest absolute Gasteiger partial charge is 0.316 e. The van der Waals surface area contributed by atoms with Crippen LogP contribution in [0.25, 0.3) is 0 Å². The van der Waals surface area contributed by atoms with Crippen LogP contribution in [0.15, 0.2) is 16.6 Å².